The Labute approximate surface area is 128 Å². The van der Waals surface area contributed by atoms with Crippen molar-refractivity contribution in [3.63, 3.8) is 0 Å². The van der Waals surface area contributed by atoms with Gasteiger partial charge in [-0.1, -0.05) is 16.8 Å². The van der Waals surface area contributed by atoms with Crippen LogP contribution in [0.2, 0.25) is 5.02 Å². The minimum atomic E-state index is -3.32. The molecule has 2 aromatic rings. The molecule has 0 atom stereocenters. The van der Waals surface area contributed by atoms with Crippen molar-refractivity contribution in [2.75, 3.05) is 16.3 Å². The molecule has 0 amide bonds. The second kappa shape index (κ2) is 5.95. The molecule has 0 aliphatic heterocycles. The molecule has 1 heterocycles. The first-order chi connectivity index (χ1) is 9.76. The van der Waals surface area contributed by atoms with Crippen LogP contribution in [0.25, 0.3) is 0 Å². The quantitative estimate of drug-likeness (QED) is 0.881. The number of rotatable bonds is 5. The van der Waals surface area contributed by atoms with E-state index in [1.807, 2.05) is 13.8 Å². The first kappa shape index (κ1) is 15.7. The summed E-state index contributed by atoms with van der Waals surface area (Å²) in [5.41, 5.74) is 2.84. The Morgan fingerprint density at radius 1 is 1.33 bits per heavy atom. The lowest BCUT2D eigenvalue weighted by atomic mass is 10.2. The van der Waals surface area contributed by atoms with Gasteiger partial charge in [0.25, 0.3) is 0 Å². The van der Waals surface area contributed by atoms with Gasteiger partial charge < -0.3 is 9.84 Å². The molecule has 21 heavy (non-hydrogen) atoms. The van der Waals surface area contributed by atoms with Crippen LogP contribution < -0.4 is 10.0 Å². The third-order valence-corrected chi connectivity index (χ3v) is 3.84. The highest BCUT2D eigenvalue weighted by Crippen LogP contribution is 2.27. The van der Waals surface area contributed by atoms with Crippen molar-refractivity contribution in [1.29, 1.82) is 0 Å². The molecule has 8 heteroatoms. The first-order valence-corrected chi connectivity index (χ1v) is 8.46. The predicted octanol–water partition coefficient (Wildman–Crippen LogP) is 2.93. The highest BCUT2D eigenvalue weighted by atomic mass is 35.5. The zero-order valence-electron chi connectivity index (χ0n) is 11.9. The van der Waals surface area contributed by atoms with Gasteiger partial charge in [0, 0.05) is 12.1 Å². The van der Waals surface area contributed by atoms with Crippen molar-refractivity contribution in [2.24, 2.45) is 0 Å². The minimum Gasteiger partial charge on any atom is -0.379 e. The largest absolute Gasteiger partial charge is 0.379 e. The van der Waals surface area contributed by atoms with Gasteiger partial charge in [0.15, 0.2) is 0 Å². The van der Waals surface area contributed by atoms with Gasteiger partial charge in [0.2, 0.25) is 10.0 Å². The van der Waals surface area contributed by atoms with E-state index in [1.165, 1.54) is 0 Å². The second-order valence-corrected chi connectivity index (χ2v) is 6.88. The van der Waals surface area contributed by atoms with E-state index in [-0.39, 0.29) is 0 Å². The normalized spacial score (nSPS) is 11.4. The van der Waals surface area contributed by atoms with Crippen LogP contribution in [0, 0.1) is 13.8 Å². The summed E-state index contributed by atoms with van der Waals surface area (Å²) >= 11 is 6.11. The molecule has 6 nitrogen and oxygen atoms in total. The van der Waals surface area contributed by atoms with Crippen LogP contribution in [0.4, 0.5) is 11.4 Å². The van der Waals surface area contributed by atoms with Crippen molar-refractivity contribution >= 4 is 33.0 Å². The monoisotopic (exact) mass is 329 g/mol. The van der Waals surface area contributed by atoms with E-state index in [4.69, 9.17) is 16.1 Å². The molecule has 0 bridgehead atoms. The standard InChI is InChI=1S/C13H16ClN3O3S/c1-8-11(9(2)20-16-8)7-15-13-6-10(4-5-12(13)14)17-21(3,18)19/h4-6,15,17H,7H2,1-3H3. The summed E-state index contributed by atoms with van der Waals surface area (Å²) in [6, 6.07) is 4.87. The summed E-state index contributed by atoms with van der Waals surface area (Å²) < 4.78 is 30.0. The Balaban J connectivity index is 2.18. The van der Waals surface area contributed by atoms with Gasteiger partial charge in [-0.05, 0) is 32.0 Å². The molecule has 0 aliphatic rings. The Kier molecular flexibility index (Phi) is 4.43. The SMILES string of the molecule is Cc1noc(C)c1CNc1cc(NS(C)(=O)=O)ccc1Cl. The van der Waals surface area contributed by atoms with Crippen LogP contribution in [0.3, 0.4) is 0 Å². The highest BCUT2D eigenvalue weighted by Gasteiger charge is 2.10. The number of halogens is 1. The smallest absolute Gasteiger partial charge is 0.229 e. The summed E-state index contributed by atoms with van der Waals surface area (Å²) in [6.45, 7) is 4.18. The molecule has 1 aromatic heterocycles. The van der Waals surface area contributed by atoms with E-state index in [2.05, 4.69) is 15.2 Å². The Bertz CT molecular complexity index is 737. The molecule has 0 fully saturated rings. The van der Waals surface area contributed by atoms with Gasteiger partial charge in [-0.3, -0.25) is 4.72 Å². The third-order valence-electron chi connectivity index (χ3n) is 2.91. The zero-order valence-corrected chi connectivity index (χ0v) is 13.5. The fourth-order valence-corrected chi connectivity index (χ4v) is 2.62. The van der Waals surface area contributed by atoms with Crippen molar-refractivity contribution in [3.8, 4) is 0 Å². The van der Waals surface area contributed by atoms with Gasteiger partial charge >= 0.3 is 0 Å². The summed E-state index contributed by atoms with van der Waals surface area (Å²) in [4.78, 5) is 0. The van der Waals surface area contributed by atoms with Gasteiger partial charge in [-0.15, -0.1) is 0 Å². The Hall–Kier alpha value is -1.73. The molecule has 2 rings (SSSR count). The average Bonchev–Trinajstić information content (AvgIpc) is 2.68. The number of hydrogen-bond donors (Lipinski definition) is 2. The van der Waals surface area contributed by atoms with Crippen LogP contribution in [0.1, 0.15) is 17.0 Å². The van der Waals surface area contributed by atoms with Crippen LogP contribution in [0.15, 0.2) is 22.7 Å². The van der Waals surface area contributed by atoms with Gasteiger partial charge in [0.05, 0.1) is 28.3 Å². The van der Waals surface area contributed by atoms with Gasteiger partial charge in [-0.2, -0.15) is 0 Å². The molecule has 0 saturated carbocycles. The van der Waals surface area contributed by atoms with E-state index < -0.39 is 10.0 Å². The maximum atomic E-state index is 11.2. The fourth-order valence-electron chi connectivity index (χ4n) is 1.88. The average molecular weight is 330 g/mol. The number of sulfonamides is 1. The highest BCUT2D eigenvalue weighted by molar-refractivity contribution is 7.92. The number of anilines is 2. The number of aryl methyl sites for hydroxylation is 2. The topological polar surface area (TPSA) is 84.2 Å². The van der Waals surface area contributed by atoms with Gasteiger partial charge in [-0.25, -0.2) is 8.42 Å². The number of hydrogen-bond acceptors (Lipinski definition) is 5. The Morgan fingerprint density at radius 2 is 2.05 bits per heavy atom. The minimum absolute atomic E-state index is 0.447. The molecular weight excluding hydrogens is 314 g/mol. The van der Waals surface area contributed by atoms with Gasteiger partial charge in [0.1, 0.15) is 5.76 Å². The molecule has 0 radical (unpaired) electrons. The van der Waals surface area contributed by atoms with E-state index in [1.54, 1.807) is 18.2 Å². The summed E-state index contributed by atoms with van der Waals surface area (Å²) in [6.07, 6.45) is 1.10. The van der Waals surface area contributed by atoms with Crippen molar-refractivity contribution in [2.45, 2.75) is 20.4 Å². The lowest BCUT2D eigenvalue weighted by molar-refractivity contribution is 0.392. The maximum Gasteiger partial charge on any atom is 0.229 e. The number of nitrogens with zero attached hydrogens (tertiary/aromatic N) is 1. The van der Waals surface area contributed by atoms with E-state index in [0.717, 1.165) is 23.3 Å². The summed E-state index contributed by atoms with van der Waals surface area (Å²) in [7, 11) is -3.32. The molecule has 1 aromatic carbocycles. The number of aromatic nitrogens is 1. The van der Waals surface area contributed by atoms with E-state index >= 15 is 0 Å². The van der Waals surface area contributed by atoms with Crippen LogP contribution in [-0.4, -0.2) is 19.8 Å². The first-order valence-electron chi connectivity index (χ1n) is 6.19. The van der Waals surface area contributed by atoms with Crippen molar-refractivity contribution < 1.29 is 12.9 Å². The number of benzene rings is 1. The van der Waals surface area contributed by atoms with Crippen molar-refractivity contribution in [1.82, 2.24) is 5.16 Å². The summed E-state index contributed by atoms with van der Waals surface area (Å²) in [5.74, 6) is 0.738. The Morgan fingerprint density at radius 3 is 2.62 bits per heavy atom. The maximum absolute atomic E-state index is 11.2. The summed E-state index contributed by atoms with van der Waals surface area (Å²) in [5, 5.41) is 7.53. The zero-order chi connectivity index (χ0) is 15.6. The van der Waals surface area contributed by atoms with Crippen LogP contribution >= 0.6 is 11.6 Å². The molecule has 0 spiro atoms. The fraction of sp³-hybridized carbons (Fsp3) is 0.308. The second-order valence-electron chi connectivity index (χ2n) is 4.73. The van der Waals surface area contributed by atoms with Crippen LogP contribution in [0.5, 0.6) is 0 Å². The molecule has 0 aliphatic carbocycles. The molecule has 0 unspecified atom stereocenters. The molecule has 114 valence electrons. The van der Waals surface area contributed by atoms with Crippen molar-refractivity contribution in [3.05, 3.63) is 40.2 Å². The molecular formula is C13H16ClN3O3S. The molecule has 0 saturated heterocycles. The number of nitrogens with one attached hydrogen (secondary N) is 2. The van der Waals surface area contributed by atoms with Crippen LogP contribution in [-0.2, 0) is 16.6 Å². The third kappa shape index (κ3) is 4.12. The van der Waals surface area contributed by atoms with E-state index in [9.17, 15) is 8.42 Å². The predicted molar refractivity (Wildman–Crippen MR) is 83.2 cm³/mol. The van der Waals surface area contributed by atoms with E-state index in [0.29, 0.717) is 22.9 Å². The molecule has 2 N–H and O–H groups in total. The lowest BCUT2D eigenvalue weighted by Crippen LogP contribution is -2.10. The lowest BCUT2D eigenvalue weighted by Gasteiger charge is -2.11.